The molecule has 1 aromatic rings. The number of imidazole rings is 1. The fourth-order valence-corrected chi connectivity index (χ4v) is 0.965. The molecule has 0 fully saturated rings. The van der Waals surface area contributed by atoms with E-state index in [-0.39, 0.29) is 5.54 Å². The van der Waals surface area contributed by atoms with Crippen LogP contribution in [-0.2, 0) is 5.54 Å². The van der Waals surface area contributed by atoms with Crippen LogP contribution in [0, 0.1) is 0 Å². The molecule has 5 nitrogen and oxygen atoms in total. The average molecular weight is 183 g/mol. The lowest BCUT2D eigenvalue weighted by Gasteiger charge is -2.22. The van der Waals surface area contributed by atoms with Crippen LogP contribution < -0.4 is 10.5 Å². The van der Waals surface area contributed by atoms with Crippen LogP contribution in [0.3, 0.4) is 0 Å². The SMILES string of the molecule is CC(C)(C)n1cncc1OC(N)=O. The molecule has 72 valence electrons. The molecule has 5 heteroatoms. The quantitative estimate of drug-likeness (QED) is 0.708. The van der Waals surface area contributed by atoms with Gasteiger partial charge in [-0.3, -0.25) is 4.57 Å². The van der Waals surface area contributed by atoms with Crippen molar-refractivity contribution in [3.8, 4) is 5.88 Å². The molecule has 1 aromatic heterocycles. The first kappa shape index (κ1) is 9.57. The van der Waals surface area contributed by atoms with Crippen molar-refractivity contribution in [2.45, 2.75) is 26.3 Å². The molecule has 1 rings (SSSR count). The van der Waals surface area contributed by atoms with Gasteiger partial charge in [0.2, 0.25) is 5.88 Å². The highest BCUT2D eigenvalue weighted by molar-refractivity contribution is 5.67. The third kappa shape index (κ3) is 2.21. The summed E-state index contributed by atoms with van der Waals surface area (Å²) in [5.74, 6) is 0.361. The minimum absolute atomic E-state index is 0.179. The highest BCUT2D eigenvalue weighted by Crippen LogP contribution is 2.21. The molecule has 0 saturated carbocycles. The number of carbonyl (C=O) groups excluding carboxylic acids is 1. The zero-order valence-corrected chi connectivity index (χ0v) is 7.94. The molecule has 2 N–H and O–H groups in total. The Morgan fingerprint density at radius 3 is 2.69 bits per heavy atom. The van der Waals surface area contributed by atoms with Crippen LogP contribution in [0.25, 0.3) is 0 Å². The van der Waals surface area contributed by atoms with Crippen molar-refractivity contribution >= 4 is 6.09 Å². The fourth-order valence-electron chi connectivity index (χ4n) is 0.965. The van der Waals surface area contributed by atoms with Crippen LogP contribution in [0.15, 0.2) is 12.5 Å². The van der Waals surface area contributed by atoms with Crippen molar-refractivity contribution in [3.05, 3.63) is 12.5 Å². The predicted octanol–water partition coefficient (Wildman–Crippen LogP) is 1.10. The molecule has 0 atom stereocenters. The summed E-state index contributed by atoms with van der Waals surface area (Å²) in [5.41, 5.74) is 4.71. The maximum absolute atomic E-state index is 10.5. The summed E-state index contributed by atoms with van der Waals surface area (Å²) in [6.45, 7) is 5.92. The second-order valence-corrected chi connectivity index (χ2v) is 3.69. The van der Waals surface area contributed by atoms with Crippen LogP contribution in [0.4, 0.5) is 4.79 Å². The lowest BCUT2D eigenvalue weighted by Crippen LogP contribution is -2.25. The number of rotatable bonds is 1. The summed E-state index contributed by atoms with van der Waals surface area (Å²) in [7, 11) is 0. The topological polar surface area (TPSA) is 70.1 Å². The first-order valence-corrected chi connectivity index (χ1v) is 3.91. The summed E-state index contributed by atoms with van der Waals surface area (Å²) < 4.78 is 6.49. The number of hydrogen-bond donors (Lipinski definition) is 1. The van der Waals surface area contributed by atoms with E-state index >= 15 is 0 Å². The van der Waals surface area contributed by atoms with Gasteiger partial charge in [0.05, 0.1) is 12.5 Å². The third-order valence-electron chi connectivity index (χ3n) is 1.53. The van der Waals surface area contributed by atoms with E-state index in [0.29, 0.717) is 5.88 Å². The van der Waals surface area contributed by atoms with Crippen molar-refractivity contribution in [1.29, 1.82) is 0 Å². The zero-order valence-electron chi connectivity index (χ0n) is 7.94. The number of ether oxygens (including phenoxy) is 1. The molecule has 0 aliphatic carbocycles. The van der Waals surface area contributed by atoms with Gasteiger partial charge >= 0.3 is 6.09 Å². The Morgan fingerprint density at radius 1 is 1.62 bits per heavy atom. The van der Waals surface area contributed by atoms with Gasteiger partial charge in [0, 0.05) is 5.54 Å². The maximum Gasteiger partial charge on any atom is 0.411 e. The van der Waals surface area contributed by atoms with Crippen molar-refractivity contribution in [1.82, 2.24) is 9.55 Å². The van der Waals surface area contributed by atoms with Crippen LogP contribution >= 0.6 is 0 Å². The minimum atomic E-state index is -0.828. The number of nitrogens with two attached hydrogens (primary N) is 1. The standard InChI is InChI=1S/C8H13N3O2/c1-8(2,3)11-5-10-4-6(11)13-7(9)12/h4-5H,1-3H3,(H2,9,12). The van der Waals surface area contributed by atoms with Crippen LogP contribution in [0.1, 0.15) is 20.8 Å². The smallest absolute Gasteiger partial charge is 0.391 e. The predicted molar refractivity (Wildman–Crippen MR) is 47.4 cm³/mol. The van der Waals surface area contributed by atoms with E-state index < -0.39 is 6.09 Å². The summed E-state index contributed by atoms with van der Waals surface area (Å²) in [4.78, 5) is 14.4. The summed E-state index contributed by atoms with van der Waals surface area (Å²) in [6.07, 6.45) is 2.22. The first-order chi connectivity index (χ1) is 5.91. The first-order valence-electron chi connectivity index (χ1n) is 3.91. The maximum atomic E-state index is 10.5. The molecule has 1 heterocycles. The Labute approximate surface area is 76.5 Å². The van der Waals surface area contributed by atoms with Crippen LogP contribution in [-0.4, -0.2) is 15.6 Å². The van der Waals surface area contributed by atoms with Crippen molar-refractivity contribution in [2.75, 3.05) is 0 Å². The number of aromatic nitrogens is 2. The van der Waals surface area contributed by atoms with Gasteiger partial charge in [-0.2, -0.15) is 0 Å². The van der Waals surface area contributed by atoms with Crippen molar-refractivity contribution in [3.63, 3.8) is 0 Å². The average Bonchev–Trinajstić information content (AvgIpc) is 2.31. The molecular weight excluding hydrogens is 170 g/mol. The van der Waals surface area contributed by atoms with Gasteiger partial charge in [-0.1, -0.05) is 0 Å². The molecule has 0 aliphatic heterocycles. The Hall–Kier alpha value is -1.52. The van der Waals surface area contributed by atoms with Gasteiger partial charge in [-0.25, -0.2) is 9.78 Å². The zero-order chi connectivity index (χ0) is 10.1. The van der Waals surface area contributed by atoms with Gasteiger partial charge in [0.25, 0.3) is 0 Å². The minimum Gasteiger partial charge on any atom is -0.391 e. The molecule has 0 spiro atoms. The molecule has 0 unspecified atom stereocenters. The molecule has 13 heavy (non-hydrogen) atoms. The van der Waals surface area contributed by atoms with Crippen molar-refractivity contribution < 1.29 is 9.53 Å². The third-order valence-corrected chi connectivity index (χ3v) is 1.53. The molecule has 1 amide bonds. The molecule has 0 aliphatic rings. The fraction of sp³-hybridized carbons (Fsp3) is 0.500. The number of nitrogens with zero attached hydrogens (tertiary/aromatic N) is 2. The van der Waals surface area contributed by atoms with Crippen LogP contribution in [0.2, 0.25) is 0 Å². The summed E-state index contributed by atoms with van der Waals surface area (Å²) >= 11 is 0. The van der Waals surface area contributed by atoms with Gasteiger partial charge < -0.3 is 10.5 Å². The number of amides is 1. The van der Waals surface area contributed by atoms with E-state index in [1.165, 1.54) is 6.20 Å². The van der Waals surface area contributed by atoms with Crippen molar-refractivity contribution in [2.24, 2.45) is 5.73 Å². The Morgan fingerprint density at radius 2 is 2.23 bits per heavy atom. The molecule has 0 radical (unpaired) electrons. The largest absolute Gasteiger partial charge is 0.411 e. The molecule has 0 saturated heterocycles. The number of carbonyl (C=O) groups is 1. The van der Waals surface area contributed by atoms with Crippen LogP contribution in [0.5, 0.6) is 5.88 Å². The second kappa shape index (κ2) is 3.08. The number of primary amides is 1. The molecule has 0 aromatic carbocycles. The van der Waals surface area contributed by atoms with Gasteiger partial charge in [0.15, 0.2) is 0 Å². The molecular formula is C8H13N3O2. The highest BCUT2D eigenvalue weighted by Gasteiger charge is 2.18. The Balaban J connectivity index is 2.96. The lowest BCUT2D eigenvalue weighted by atomic mass is 10.1. The van der Waals surface area contributed by atoms with E-state index in [1.807, 2.05) is 20.8 Å². The van der Waals surface area contributed by atoms with E-state index in [1.54, 1.807) is 10.9 Å². The Kier molecular flexibility index (Phi) is 2.27. The van der Waals surface area contributed by atoms with E-state index in [9.17, 15) is 4.79 Å². The van der Waals surface area contributed by atoms with Gasteiger partial charge in [0.1, 0.15) is 0 Å². The van der Waals surface area contributed by atoms with Gasteiger partial charge in [-0.05, 0) is 20.8 Å². The van der Waals surface area contributed by atoms with E-state index in [4.69, 9.17) is 10.5 Å². The summed E-state index contributed by atoms with van der Waals surface area (Å²) in [5, 5.41) is 0. The normalized spacial score (nSPS) is 11.3. The van der Waals surface area contributed by atoms with E-state index in [2.05, 4.69) is 4.98 Å². The van der Waals surface area contributed by atoms with Gasteiger partial charge in [-0.15, -0.1) is 0 Å². The lowest BCUT2D eigenvalue weighted by molar-refractivity contribution is 0.203. The Bertz CT molecular complexity index is 311. The second-order valence-electron chi connectivity index (χ2n) is 3.69. The molecule has 0 bridgehead atoms. The monoisotopic (exact) mass is 183 g/mol. The highest BCUT2D eigenvalue weighted by atomic mass is 16.6. The summed E-state index contributed by atoms with van der Waals surface area (Å²) in [6, 6.07) is 0. The van der Waals surface area contributed by atoms with E-state index in [0.717, 1.165) is 0 Å². The number of hydrogen-bond acceptors (Lipinski definition) is 3.